The second kappa shape index (κ2) is 5.87. The lowest BCUT2D eigenvalue weighted by atomic mass is 9.76. The van der Waals surface area contributed by atoms with E-state index in [2.05, 4.69) is 49.5 Å². The van der Waals surface area contributed by atoms with Crippen molar-refractivity contribution in [1.82, 2.24) is 5.32 Å². The lowest BCUT2D eigenvalue weighted by Gasteiger charge is -2.39. The summed E-state index contributed by atoms with van der Waals surface area (Å²) in [5, 5.41) is 3.67. The smallest absolute Gasteiger partial charge is 0.0537 e. The maximum Gasteiger partial charge on any atom is 0.0537 e. The number of benzene rings is 1. The Labute approximate surface area is 122 Å². The summed E-state index contributed by atoms with van der Waals surface area (Å²) >= 11 is 0. The van der Waals surface area contributed by atoms with Gasteiger partial charge in [-0.1, -0.05) is 44.2 Å². The highest BCUT2D eigenvalue weighted by Crippen LogP contribution is 2.59. The van der Waals surface area contributed by atoms with E-state index < -0.39 is 0 Å². The zero-order valence-electron chi connectivity index (χ0n) is 12.8. The van der Waals surface area contributed by atoms with Crippen LogP contribution in [0.25, 0.3) is 0 Å². The van der Waals surface area contributed by atoms with Gasteiger partial charge in [0, 0.05) is 24.6 Å². The molecule has 1 saturated carbocycles. The van der Waals surface area contributed by atoms with Crippen LogP contribution in [0.1, 0.15) is 44.6 Å². The molecular formula is C18H27NO. The van der Waals surface area contributed by atoms with Crippen LogP contribution in [0.4, 0.5) is 0 Å². The molecule has 2 fully saturated rings. The molecule has 0 aromatic heterocycles. The molecule has 0 radical (unpaired) electrons. The van der Waals surface area contributed by atoms with Crippen LogP contribution in [-0.4, -0.2) is 25.8 Å². The lowest BCUT2D eigenvalue weighted by molar-refractivity contribution is -0.0221. The van der Waals surface area contributed by atoms with Gasteiger partial charge in [-0.15, -0.1) is 0 Å². The van der Waals surface area contributed by atoms with Gasteiger partial charge >= 0.3 is 0 Å². The predicted molar refractivity (Wildman–Crippen MR) is 82.9 cm³/mol. The molecule has 2 heteroatoms. The van der Waals surface area contributed by atoms with Crippen molar-refractivity contribution in [3.05, 3.63) is 35.9 Å². The van der Waals surface area contributed by atoms with E-state index in [9.17, 15) is 0 Å². The van der Waals surface area contributed by atoms with Crippen molar-refractivity contribution in [2.24, 2.45) is 11.3 Å². The number of nitrogens with one attached hydrogen (secondary N) is 1. The van der Waals surface area contributed by atoms with Gasteiger partial charge in [0.1, 0.15) is 0 Å². The molecule has 20 heavy (non-hydrogen) atoms. The van der Waals surface area contributed by atoms with Gasteiger partial charge in [0.15, 0.2) is 0 Å². The zero-order valence-corrected chi connectivity index (χ0v) is 12.8. The van der Waals surface area contributed by atoms with E-state index in [1.807, 2.05) is 0 Å². The van der Waals surface area contributed by atoms with Crippen LogP contribution < -0.4 is 5.32 Å². The fourth-order valence-electron chi connectivity index (χ4n) is 3.78. The summed E-state index contributed by atoms with van der Waals surface area (Å²) in [6.07, 6.45) is 3.88. The average molecular weight is 273 g/mol. The van der Waals surface area contributed by atoms with Crippen LogP contribution in [0.5, 0.6) is 0 Å². The number of ether oxygens (including phenoxy) is 1. The van der Waals surface area contributed by atoms with E-state index in [1.54, 1.807) is 0 Å². The van der Waals surface area contributed by atoms with Gasteiger partial charge in [-0.3, -0.25) is 0 Å². The number of hydrogen-bond acceptors (Lipinski definition) is 2. The summed E-state index contributed by atoms with van der Waals surface area (Å²) < 4.78 is 5.86. The van der Waals surface area contributed by atoms with Gasteiger partial charge in [-0.05, 0) is 36.7 Å². The summed E-state index contributed by atoms with van der Waals surface area (Å²) in [6, 6.07) is 11.6. The van der Waals surface area contributed by atoms with E-state index in [0.29, 0.717) is 11.5 Å². The Kier molecular flexibility index (Phi) is 4.13. The topological polar surface area (TPSA) is 21.3 Å². The molecule has 2 nitrogen and oxygen atoms in total. The molecular weight excluding hydrogens is 246 g/mol. The quantitative estimate of drug-likeness (QED) is 0.885. The Morgan fingerprint density at radius 3 is 2.75 bits per heavy atom. The molecule has 1 saturated heterocycles. The van der Waals surface area contributed by atoms with Crippen LogP contribution in [0, 0.1) is 11.3 Å². The largest absolute Gasteiger partial charge is 0.381 e. The summed E-state index contributed by atoms with van der Waals surface area (Å²) in [5.41, 5.74) is 1.88. The Morgan fingerprint density at radius 1 is 1.30 bits per heavy atom. The summed E-state index contributed by atoms with van der Waals surface area (Å²) in [4.78, 5) is 0. The highest BCUT2D eigenvalue weighted by atomic mass is 16.5. The highest BCUT2D eigenvalue weighted by molar-refractivity contribution is 5.27. The fourth-order valence-corrected chi connectivity index (χ4v) is 3.78. The summed E-state index contributed by atoms with van der Waals surface area (Å²) in [6.45, 7) is 7.48. The predicted octanol–water partition coefficient (Wildman–Crippen LogP) is 3.58. The Morgan fingerprint density at radius 2 is 2.10 bits per heavy atom. The van der Waals surface area contributed by atoms with Gasteiger partial charge in [0.05, 0.1) is 6.61 Å². The Balaban J connectivity index is 1.71. The van der Waals surface area contributed by atoms with Gasteiger partial charge in [-0.2, -0.15) is 0 Å². The molecule has 3 unspecified atom stereocenters. The zero-order chi connectivity index (χ0) is 14.0. The van der Waals surface area contributed by atoms with Crippen LogP contribution in [0.15, 0.2) is 30.3 Å². The Bertz CT molecular complexity index is 422. The van der Waals surface area contributed by atoms with Crippen molar-refractivity contribution in [3.8, 4) is 0 Å². The monoisotopic (exact) mass is 273 g/mol. The molecule has 2 aliphatic rings. The second-order valence-electron chi connectivity index (χ2n) is 6.91. The number of hydrogen-bond donors (Lipinski definition) is 1. The molecule has 1 aliphatic carbocycles. The third kappa shape index (κ3) is 2.91. The van der Waals surface area contributed by atoms with E-state index in [4.69, 9.17) is 4.74 Å². The average Bonchev–Trinajstić information content (AvgIpc) is 3.28. The van der Waals surface area contributed by atoms with Crippen molar-refractivity contribution >= 4 is 0 Å². The molecule has 110 valence electrons. The van der Waals surface area contributed by atoms with E-state index in [-0.39, 0.29) is 0 Å². The molecule has 1 aliphatic heterocycles. The SMILES string of the molecule is CC(C)NCC1(C2CC2c2ccccc2)CCCOC1. The summed E-state index contributed by atoms with van der Waals surface area (Å²) in [5.74, 6) is 1.56. The normalized spacial score (nSPS) is 33.4. The molecule has 3 rings (SSSR count). The molecule has 0 spiro atoms. The van der Waals surface area contributed by atoms with E-state index in [1.165, 1.54) is 24.8 Å². The van der Waals surface area contributed by atoms with Crippen LogP contribution >= 0.6 is 0 Å². The van der Waals surface area contributed by atoms with Crippen molar-refractivity contribution in [2.75, 3.05) is 19.8 Å². The number of rotatable bonds is 5. The van der Waals surface area contributed by atoms with Gasteiger partial charge < -0.3 is 10.1 Å². The first kappa shape index (κ1) is 14.1. The summed E-state index contributed by atoms with van der Waals surface area (Å²) in [7, 11) is 0. The highest BCUT2D eigenvalue weighted by Gasteiger charge is 2.53. The first-order valence-electron chi connectivity index (χ1n) is 8.07. The second-order valence-corrected chi connectivity index (χ2v) is 6.91. The van der Waals surface area contributed by atoms with Gasteiger partial charge in [-0.25, -0.2) is 0 Å². The molecule has 1 aromatic rings. The first-order chi connectivity index (χ1) is 9.71. The van der Waals surface area contributed by atoms with Crippen LogP contribution in [-0.2, 0) is 4.74 Å². The standard InChI is InChI=1S/C18H27NO/c1-14(2)19-12-18(9-6-10-20-13-18)17-11-16(17)15-7-4-3-5-8-15/h3-5,7-8,14,16-17,19H,6,9-13H2,1-2H3. The van der Waals surface area contributed by atoms with Crippen molar-refractivity contribution < 1.29 is 4.74 Å². The maximum atomic E-state index is 5.86. The minimum atomic E-state index is 0.364. The van der Waals surface area contributed by atoms with Gasteiger partial charge in [0.25, 0.3) is 0 Å². The molecule has 1 aromatic carbocycles. The third-order valence-corrected chi connectivity index (χ3v) is 5.02. The fraction of sp³-hybridized carbons (Fsp3) is 0.667. The van der Waals surface area contributed by atoms with E-state index >= 15 is 0 Å². The van der Waals surface area contributed by atoms with Crippen LogP contribution in [0.3, 0.4) is 0 Å². The molecule has 0 bridgehead atoms. The molecule has 1 N–H and O–H groups in total. The molecule has 1 heterocycles. The minimum absolute atomic E-state index is 0.364. The third-order valence-electron chi connectivity index (χ3n) is 5.02. The molecule has 3 atom stereocenters. The van der Waals surface area contributed by atoms with Crippen LogP contribution in [0.2, 0.25) is 0 Å². The molecule has 0 amide bonds. The maximum absolute atomic E-state index is 5.86. The van der Waals surface area contributed by atoms with Crippen molar-refractivity contribution in [1.29, 1.82) is 0 Å². The van der Waals surface area contributed by atoms with Gasteiger partial charge in [0.2, 0.25) is 0 Å². The minimum Gasteiger partial charge on any atom is -0.381 e. The first-order valence-corrected chi connectivity index (χ1v) is 8.07. The van der Waals surface area contributed by atoms with Crippen molar-refractivity contribution in [3.63, 3.8) is 0 Å². The Hall–Kier alpha value is -0.860. The van der Waals surface area contributed by atoms with E-state index in [0.717, 1.165) is 31.6 Å². The lowest BCUT2D eigenvalue weighted by Crippen LogP contribution is -2.45. The van der Waals surface area contributed by atoms with Crippen molar-refractivity contribution in [2.45, 2.75) is 45.1 Å².